The van der Waals surface area contributed by atoms with Crippen LogP contribution < -0.4 is 0 Å². The van der Waals surface area contributed by atoms with Gasteiger partial charge < -0.3 is 4.74 Å². The summed E-state index contributed by atoms with van der Waals surface area (Å²) in [5, 5.41) is 8.73. The van der Waals surface area contributed by atoms with E-state index in [1.165, 1.54) is 19.3 Å². The molecule has 0 saturated carbocycles. The van der Waals surface area contributed by atoms with Crippen LogP contribution in [-0.2, 0) is 4.74 Å². The van der Waals surface area contributed by atoms with Crippen molar-refractivity contribution >= 4 is 0 Å². The van der Waals surface area contributed by atoms with Gasteiger partial charge in [0.05, 0.1) is 12.1 Å². The average molecular weight is 196 g/mol. The Labute approximate surface area is 86.6 Å². The van der Waals surface area contributed by atoms with Gasteiger partial charge in [-0.15, -0.1) is 0 Å². The highest BCUT2D eigenvalue weighted by molar-refractivity contribution is 4.86. The Kier molecular flexibility index (Phi) is 4.92. The minimum atomic E-state index is 0.0369. The standard InChI is InChI=1S/C11H20N2O/c1-10(9-12)13(2)6-3-11-4-7-14-8-5-11/h10-11H,3-8H2,1-2H3. The largest absolute Gasteiger partial charge is 0.381 e. The van der Waals surface area contributed by atoms with E-state index in [9.17, 15) is 0 Å². The van der Waals surface area contributed by atoms with Gasteiger partial charge in [0.15, 0.2) is 0 Å². The first-order chi connectivity index (χ1) is 6.74. The molecule has 80 valence electrons. The van der Waals surface area contributed by atoms with E-state index in [1.54, 1.807) is 0 Å². The molecule has 1 heterocycles. The maximum atomic E-state index is 8.73. The van der Waals surface area contributed by atoms with E-state index in [0.29, 0.717) is 0 Å². The molecule has 1 aliphatic rings. The zero-order valence-corrected chi connectivity index (χ0v) is 9.20. The molecular weight excluding hydrogens is 176 g/mol. The minimum absolute atomic E-state index is 0.0369. The van der Waals surface area contributed by atoms with E-state index < -0.39 is 0 Å². The van der Waals surface area contributed by atoms with Gasteiger partial charge in [-0.05, 0) is 45.7 Å². The van der Waals surface area contributed by atoms with Crippen molar-refractivity contribution in [2.45, 2.75) is 32.2 Å². The van der Waals surface area contributed by atoms with E-state index in [-0.39, 0.29) is 6.04 Å². The molecule has 0 aliphatic carbocycles. The van der Waals surface area contributed by atoms with Crippen LogP contribution in [0.4, 0.5) is 0 Å². The Morgan fingerprint density at radius 3 is 2.71 bits per heavy atom. The second kappa shape index (κ2) is 6.00. The maximum absolute atomic E-state index is 8.73. The summed E-state index contributed by atoms with van der Waals surface area (Å²) in [6, 6.07) is 2.29. The number of nitrogens with zero attached hydrogens (tertiary/aromatic N) is 2. The molecule has 3 nitrogen and oxygen atoms in total. The molecule has 1 fully saturated rings. The van der Waals surface area contributed by atoms with E-state index in [1.807, 2.05) is 14.0 Å². The smallest absolute Gasteiger partial charge is 0.0946 e. The van der Waals surface area contributed by atoms with E-state index in [4.69, 9.17) is 10.00 Å². The van der Waals surface area contributed by atoms with Crippen molar-refractivity contribution in [1.29, 1.82) is 5.26 Å². The van der Waals surface area contributed by atoms with Crippen molar-refractivity contribution in [3.63, 3.8) is 0 Å². The van der Waals surface area contributed by atoms with Crippen LogP contribution in [0.1, 0.15) is 26.2 Å². The topological polar surface area (TPSA) is 36.3 Å². The SMILES string of the molecule is CC(C#N)N(C)CCC1CCOCC1. The second-order valence-corrected chi connectivity index (χ2v) is 4.13. The Bertz CT molecular complexity index is 194. The van der Waals surface area contributed by atoms with Crippen LogP contribution in [0.2, 0.25) is 0 Å². The summed E-state index contributed by atoms with van der Waals surface area (Å²) in [5.74, 6) is 0.803. The fourth-order valence-corrected chi connectivity index (χ4v) is 1.71. The first kappa shape index (κ1) is 11.5. The monoisotopic (exact) mass is 196 g/mol. The molecule has 0 bridgehead atoms. The van der Waals surface area contributed by atoms with Gasteiger partial charge in [0.1, 0.15) is 0 Å². The van der Waals surface area contributed by atoms with Crippen LogP contribution in [0.15, 0.2) is 0 Å². The Hall–Kier alpha value is -0.590. The van der Waals surface area contributed by atoms with Crippen LogP contribution in [0, 0.1) is 17.2 Å². The summed E-state index contributed by atoms with van der Waals surface area (Å²) in [6.07, 6.45) is 3.58. The average Bonchev–Trinajstić information content (AvgIpc) is 2.26. The highest BCUT2D eigenvalue weighted by Gasteiger charge is 2.15. The summed E-state index contributed by atoms with van der Waals surface area (Å²) in [7, 11) is 2.02. The quantitative estimate of drug-likeness (QED) is 0.686. The van der Waals surface area contributed by atoms with Crippen molar-refractivity contribution in [2.24, 2.45) is 5.92 Å². The van der Waals surface area contributed by atoms with Crippen LogP contribution in [0.3, 0.4) is 0 Å². The summed E-state index contributed by atoms with van der Waals surface area (Å²) in [5.41, 5.74) is 0. The van der Waals surface area contributed by atoms with Crippen molar-refractivity contribution in [3.05, 3.63) is 0 Å². The third kappa shape index (κ3) is 3.65. The first-order valence-electron chi connectivity index (χ1n) is 5.41. The van der Waals surface area contributed by atoms with Gasteiger partial charge >= 0.3 is 0 Å². The van der Waals surface area contributed by atoms with Gasteiger partial charge in [0.2, 0.25) is 0 Å². The molecule has 0 radical (unpaired) electrons. The number of nitriles is 1. The Morgan fingerprint density at radius 2 is 2.14 bits per heavy atom. The van der Waals surface area contributed by atoms with Gasteiger partial charge in [0.25, 0.3) is 0 Å². The lowest BCUT2D eigenvalue weighted by molar-refractivity contribution is 0.0605. The van der Waals surface area contributed by atoms with Gasteiger partial charge in [-0.1, -0.05) is 0 Å². The molecule has 14 heavy (non-hydrogen) atoms. The Balaban J connectivity index is 2.16. The molecule has 3 heteroatoms. The molecule has 0 aromatic heterocycles. The third-order valence-corrected chi connectivity index (χ3v) is 3.08. The predicted octanol–water partition coefficient (Wildman–Crippen LogP) is 1.65. The lowest BCUT2D eigenvalue weighted by Gasteiger charge is -2.25. The molecule has 0 aromatic carbocycles. The Morgan fingerprint density at radius 1 is 1.50 bits per heavy atom. The summed E-state index contributed by atoms with van der Waals surface area (Å²) in [4.78, 5) is 2.12. The molecule has 1 aliphatic heterocycles. The molecule has 1 saturated heterocycles. The minimum Gasteiger partial charge on any atom is -0.381 e. The molecular formula is C11H20N2O. The number of ether oxygens (including phenoxy) is 1. The molecule has 0 N–H and O–H groups in total. The molecule has 0 aromatic rings. The summed E-state index contributed by atoms with van der Waals surface area (Å²) in [6.45, 7) is 4.81. The van der Waals surface area contributed by atoms with Gasteiger partial charge in [0, 0.05) is 13.2 Å². The van der Waals surface area contributed by atoms with Crippen LogP contribution >= 0.6 is 0 Å². The van der Waals surface area contributed by atoms with Crippen molar-refractivity contribution in [1.82, 2.24) is 4.90 Å². The van der Waals surface area contributed by atoms with Crippen molar-refractivity contribution < 1.29 is 4.74 Å². The lowest BCUT2D eigenvalue weighted by Crippen LogP contribution is -2.30. The molecule has 1 rings (SSSR count). The first-order valence-corrected chi connectivity index (χ1v) is 5.41. The van der Waals surface area contributed by atoms with Crippen molar-refractivity contribution in [3.8, 4) is 6.07 Å². The van der Waals surface area contributed by atoms with E-state index in [2.05, 4.69) is 11.0 Å². The van der Waals surface area contributed by atoms with Gasteiger partial charge in [-0.2, -0.15) is 5.26 Å². The summed E-state index contributed by atoms with van der Waals surface area (Å²) < 4.78 is 5.31. The zero-order chi connectivity index (χ0) is 10.4. The third-order valence-electron chi connectivity index (χ3n) is 3.08. The van der Waals surface area contributed by atoms with Crippen LogP contribution in [0.25, 0.3) is 0 Å². The van der Waals surface area contributed by atoms with Gasteiger partial charge in [-0.25, -0.2) is 0 Å². The molecule has 0 spiro atoms. The molecule has 1 unspecified atom stereocenters. The van der Waals surface area contributed by atoms with Crippen LogP contribution in [-0.4, -0.2) is 37.7 Å². The predicted molar refractivity (Wildman–Crippen MR) is 55.9 cm³/mol. The maximum Gasteiger partial charge on any atom is 0.0946 e. The number of rotatable bonds is 4. The van der Waals surface area contributed by atoms with Crippen LogP contribution in [0.5, 0.6) is 0 Å². The second-order valence-electron chi connectivity index (χ2n) is 4.13. The molecule has 1 atom stereocenters. The fraction of sp³-hybridized carbons (Fsp3) is 0.909. The number of hydrogen-bond donors (Lipinski definition) is 0. The highest BCUT2D eigenvalue weighted by Crippen LogP contribution is 2.18. The van der Waals surface area contributed by atoms with Crippen molar-refractivity contribution in [2.75, 3.05) is 26.8 Å². The fourth-order valence-electron chi connectivity index (χ4n) is 1.71. The lowest BCUT2D eigenvalue weighted by atomic mass is 9.96. The zero-order valence-electron chi connectivity index (χ0n) is 9.20. The van der Waals surface area contributed by atoms with E-state index >= 15 is 0 Å². The normalized spacial score (nSPS) is 20.7. The summed E-state index contributed by atoms with van der Waals surface area (Å²) >= 11 is 0. The number of hydrogen-bond acceptors (Lipinski definition) is 3. The highest BCUT2D eigenvalue weighted by atomic mass is 16.5. The molecule has 0 amide bonds. The van der Waals surface area contributed by atoms with Gasteiger partial charge in [-0.3, -0.25) is 4.90 Å². The van der Waals surface area contributed by atoms with E-state index in [0.717, 1.165) is 25.7 Å².